The fourth-order valence-corrected chi connectivity index (χ4v) is 0.752. The number of rotatable bonds is 3. The molecule has 6 heteroatoms. The van der Waals surface area contributed by atoms with E-state index in [0.29, 0.717) is 0 Å². The molecule has 0 aliphatic heterocycles. The zero-order valence-corrected chi connectivity index (χ0v) is 7.46. The van der Waals surface area contributed by atoms with Crippen molar-refractivity contribution >= 4 is 23.5 Å². The zero-order valence-electron chi connectivity index (χ0n) is 6.70. The fourth-order valence-electron chi connectivity index (χ4n) is 0.586. The van der Waals surface area contributed by atoms with E-state index in [1.165, 1.54) is 6.92 Å². The standard InChI is InChI=1S/C6H10ClNO4/c1-3(9)8-4(5(7)10)6(11)12-2/h4-5,10H,1-2H3,(H,8,9)/t4-,5-/m0/s1. The Labute approximate surface area is 74.6 Å². The van der Waals surface area contributed by atoms with Crippen molar-refractivity contribution in [1.82, 2.24) is 5.32 Å². The summed E-state index contributed by atoms with van der Waals surface area (Å²) in [7, 11) is 1.14. The molecule has 0 bridgehead atoms. The van der Waals surface area contributed by atoms with Crippen molar-refractivity contribution in [3.63, 3.8) is 0 Å². The Morgan fingerprint density at radius 1 is 1.58 bits per heavy atom. The van der Waals surface area contributed by atoms with Crippen LogP contribution in [0.3, 0.4) is 0 Å². The van der Waals surface area contributed by atoms with Crippen LogP contribution >= 0.6 is 11.6 Å². The highest BCUT2D eigenvalue weighted by Crippen LogP contribution is 2.00. The van der Waals surface area contributed by atoms with Crippen LogP contribution in [-0.4, -0.2) is 35.7 Å². The molecular weight excluding hydrogens is 186 g/mol. The molecule has 2 N–H and O–H groups in total. The molecule has 1 amide bonds. The molecule has 0 aromatic carbocycles. The summed E-state index contributed by atoms with van der Waals surface area (Å²) in [4.78, 5) is 21.3. The Bertz CT molecular complexity index is 182. The molecule has 12 heavy (non-hydrogen) atoms. The van der Waals surface area contributed by atoms with Gasteiger partial charge in [-0.05, 0) is 0 Å². The van der Waals surface area contributed by atoms with Gasteiger partial charge in [0.25, 0.3) is 0 Å². The molecule has 0 radical (unpaired) electrons. The lowest BCUT2D eigenvalue weighted by Gasteiger charge is -2.15. The third-order valence-electron chi connectivity index (χ3n) is 1.09. The highest BCUT2D eigenvalue weighted by atomic mass is 35.5. The summed E-state index contributed by atoms with van der Waals surface area (Å²) in [6.07, 6.45) is 0. The highest BCUT2D eigenvalue weighted by molar-refractivity contribution is 6.21. The number of ether oxygens (including phenoxy) is 1. The number of carbonyl (C=O) groups is 2. The van der Waals surface area contributed by atoms with Gasteiger partial charge in [0.2, 0.25) is 5.91 Å². The van der Waals surface area contributed by atoms with Gasteiger partial charge in [-0.25, -0.2) is 4.79 Å². The van der Waals surface area contributed by atoms with E-state index >= 15 is 0 Å². The Balaban J connectivity index is 4.23. The topological polar surface area (TPSA) is 75.6 Å². The summed E-state index contributed by atoms with van der Waals surface area (Å²) in [6, 6.07) is -1.21. The second-order valence-electron chi connectivity index (χ2n) is 2.07. The molecule has 0 spiro atoms. The first-order valence-corrected chi connectivity index (χ1v) is 3.59. The van der Waals surface area contributed by atoms with Gasteiger partial charge in [-0.3, -0.25) is 4.79 Å². The van der Waals surface area contributed by atoms with Crippen LogP contribution in [0.15, 0.2) is 0 Å². The molecule has 0 rings (SSSR count). The SMILES string of the molecule is COC(=O)[C@@H](NC(C)=O)[C@H](O)Cl. The fraction of sp³-hybridized carbons (Fsp3) is 0.667. The van der Waals surface area contributed by atoms with E-state index in [9.17, 15) is 9.59 Å². The molecule has 0 heterocycles. The molecule has 70 valence electrons. The molecule has 0 aromatic heterocycles. The average Bonchev–Trinajstić information content (AvgIpc) is 1.98. The van der Waals surface area contributed by atoms with Crippen molar-refractivity contribution in [2.45, 2.75) is 18.5 Å². The number of aliphatic hydroxyl groups is 1. The third-order valence-corrected chi connectivity index (χ3v) is 1.34. The molecule has 2 atom stereocenters. The number of halogens is 1. The van der Waals surface area contributed by atoms with E-state index in [0.717, 1.165) is 7.11 Å². The lowest BCUT2D eigenvalue weighted by Crippen LogP contribution is -2.46. The quantitative estimate of drug-likeness (QED) is 0.458. The van der Waals surface area contributed by atoms with Crippen LogP contribution in [0, 0.1) is 0 Å². The first-order chi connectivity index (χ1) is 5.49. The highest BCUT2D eigenvalue weighted by Gasteiger charge is 2.26. The average molecular weight is 196 g/mol. The number of esters is 1. The van der Waals surface area contributed by atoms with E-state index in [1.54, 1.807) is 0 Å². The Hall–Kier alpha value is -0.810. The van der Waals surface area contributed by atoms with Crippen LogP contribution in [0.4, 0.5) is 0 Å². The third kappa shape index (κ3) is 3.54. The number of alkyl halides is 1. The summed E-state index contributed by atoms with van der Waals surface area (Å²) in [5.41, 5.74) is -1.48. The monoisotopic (exact) mass is 195 g/mol. The van der Waals surface area contributed by atoms with Crippen molar-refractivity contribution < 1.29 is 19.4 Å². The maximum atomic E-state index is 10.8. The van der Waals surface area contributed by atoms with E-state index < -0.39 is 23.5 Å². The van der Waals surface area contributed by atoms with Crippen molar-refractivity contribution in [2.24, 2.45) is 0 Å². The second kappa shape index (κ2) is 4.95. The van der Waals surface area contributed by atoms with Crippen molar-refractivity contribution in [3.8, 4) is 0 Å². The minimum atomic E-state index is -1.48. The molecular formula is C6H10ClNO4. The minimum absolute atomic E-state index is 0.468. The molecule has 0 aliphatic carbocycles. The predicted octanol–water partition coefficient (Wildman–Crippen LogP) is -0.779. The van der Waals surface area contributed by atoms with E-state index in [4.69, 9.17) is 16.7 Å². The van der Waals surface area contributed by atoms with E-state index in [2.05, 4.69) is 10.1 Å². The normalized spacial score (nSPS) is 14.7. The maximum absolute atomic E-state index is 10.8. The maximum Gasteiger partial charge on any atom is 0.332 e. The summed E-state index contributed by atoms with van der Waals surface area (Å²) in [5, 5.41) is 10.9. The number of aliphatic hydroxyl groups excluding tert-OH is 1. The largest absolute Gasteiger partial charge is 0.467 e. The number of methoxy groups -OCH3 is 1. The van der Waals surface area contributed by atoms with Gasteiger partial charge in [-0.2, -0.15) is 0 Å². The van der Waals surface area contributed by atoms with Crippen LogP contribution in [-0.2, 0) is 14.3 Å². The van der Waals surface area contributed by atoms with Gasteiger partial charge in [-0.15, -0.1) is 0 Å². The minimum Gasteiger partial charge on any atom is -0.467 e. The van der Waals surface area contributed by atoms with Gasteiger partial charge < -0.3 is 15.2 Å². The van der Waals surface area contributed by atoms with Gasteiger partial charge in [0, 0.05) is 6.92 Å². The number of amides is 1. The number of nitrogens with one attached hydrogen (secondary N) is 1. The van der Waals surface area contributed by atoms with Crippen LogP contribution in [0.1, 0.15) is 6.92 Å². The van der Waals surface area contributed by atoms with Crippen molar-refractivity contribution in [1.29, 1.82) is 0 Å². The smallest absolute Gasteiger partial charge is 0.332 e. The first-order valence-electron chi connectivity index (χ1n) is 3.16. The van der Waals surface area contributed by atoms with Crippen molar-refractivity contribution in [2.75, 3.05) is 7.11 Å². The van der Waals surface area contributed by atoms with Gasteiger partial charge in [0.15, 0.2) is 11.6 Å². The van der Waals surface area contributed by atoms with Gasteiger partial charge in [-0.1, -0.05) is 11.6 Å². The van der Waals surface area contributed by atoms with E-state index in [1.807, 2.05) is 0 Å². The molecule has 0 aliphatic rings. The number of carbonyl (C=O) groups excluding carboxylic acids is 2. The molecule has 0 unspecified atom stereocenters. The Kier molecular flexibility index (Phi) is 4.61. The second-order valence-corrected chi connectivity index (χ2v) is 2.52. The van der Waals surface area contributed by atoms with Crippen molar-refractivity contribution in [3.05, 3.63) is 0 Å². The lowest BCUT2D eigenvalue weighted by molar-refractivity contribution is -0.146. The first kappa shape index (κ1) is 11.2. The molecule has 0 saturated heterocycles. The van der Waals surface area contributed by atoms with Crippen LogP contribution < -0.4 is 5.32 Å². The van der Waals surface area contributed by atoms with Gasteiger partial charge in [0.1, 0.15) is 0 Å². The predicted molar refractivity (Wildman–Crippen MR) is 41.5 cm³/mol. The molecule has 5 nitrogen and oxygen atoms in total. The Morgan fingerprint density at radius 3 is 2.33 bits per heavy atom. The summed E-state index contributed by atoms with van der Waals surface area (Å²) in [6.45, 7) is 1.20. The van der Waals surface area contributed by atoms with Gasteiger partial charge >= 0.3 is 5.97 Å². The molecule has 0 fully saturated rings. The van der Waals surface area contributed by atoms with E-state index in [-0.39, 0.29) is 0 Å². The zero-order chi connectivity index (χ0) is 9.72. The number of hydrogen-bond acceptors (Lipinski definition) is 4. The molecule has 0 saturated carbocycles. The van der Waals surface area contributed by atoms with Crippen LogP contribution in [0.2, 0.25) is 0 Å². The summed E-state index contributed by atoms with van der Waals surface area (Å²) >= 11 is 5.20. The van der Waals surface area contributed by atoms with Crippen LogP contribution in [0.5, 0.6) is 0 Å². The summed E-state index contributed by atoms with van der Waals surface area (Å²) < 4.78 is 4.28. The lowest BCUT2D eigenvalue weighted by atomic mass is 10.3. The summed E-state index contributed by atoms with van der Waals surface area (Å²) in [5.74, 6) is -1.25. The molecule has 0 aromatic rings. The Morgan fingerprint density at radius 2 is 2.08 bits per heavy atom. The van der Waals surface area contributed by atoms with Crippen LogP contribution in [0.25, 0.3) is 0 Å². The van der Waals surface area contributed by atoms with Gasteiger partial charge in [0.05, 0.1) is 7.11 Å². The number of hydrogen-bond donors (Lipinski definition) is 2.